The van der Waals surface area contributed by atoms with Crippen LogP contribution in [-0.4, -0.2) is 55.1 Å². The fourth-order valence-corrected chi connectivity index (χ4v) is 5.83. The minimum Gasteiger partial charge on any atom is -0.329 e. The molecule has 118 valence electrons. The van der Waals surface area contributed by atoms with Gasteiger partial charge in [-0.2, -0.15) is 11.8 Å². The van der Waals surface area contributed by atoms with Crippen molar-refractivity contribution >= 4 is 21.6 Å². The molecular formula is C15H24N2O2S2. The number of hydrogen-bond acceptors (Lipinski definition) is 5. The van der Waals surface area contributed by atoms with Crippen molar-refractivity contribution in [3.8, 4) is 0 Å². The summed E-state index contributed by atoms with van der Waals surface area (Å²) in [7, 11) is -3.07. The largest absolute Gasteiger partial charge is 0.329 e. The van der Waals surface area contributed by atoms with E-state index >= 15 is 0 Å². The van der Waals surface area contributed by atoms with Gasteiger partial charge in [0, 0.05) is 36.4 Å². The monoisotopic (exact) mass is 328 g/mol. The molecule has 2 N–H and O–H groups in total. The minimum absolute atomic E-state index is 0.0830. The van der Waals surface area contributed by atoms with Crippen LogP contribution in [0.25, 0.3) is 0 Å². The van der Waals surface area contributed by atoms with Crippen molar-refractivity contribution < 1.29 is 8.42 Å². The van der Waals surface area contributed by atoms with Gasteiger partial charge in [0.2, 0.25) is 0 Å². The number of hydrogen-bond donors (Lipinski definition) is 1. The zero-order valence-electron chi connectivity index (χ0n) is 12.4. The summed E-state index contributed by atoms with van der Waals surface area (Å²) >= 11 is 1.72. The van der Waals surface area contributed by atoms with E-state index in [1.807, 2.05) is 18.2 Å². The Morgan fingerprint density at radius 1 is 1.38 bits per heavy atom. The van der Waals surface area contributed by atoms with Gasteiger partial charge in [-0.15, -0.1) is 0 Å². The molecule has 6 heteroatoms. The van der Waals surface area contributed by atoms with Crippen LogP contribution >= 0.6 is 11.8 Å². The number of nitrogens with zero attached hydrogens (tertiary/aromatic N) is 1. The van der Waals surface area contributed by atoms with E-state index in [1.165, 1.54) is 5.56 Å². The molecule has 1 aliphatic rings. The smallest absolute Gasteiger partial charge is 0.166 e. The topological polar surface area (TPSA) is 63.4 Å². The zero-order chi connectivity index (χ0) is 15.3. The van der Waals surface area contributed by atoms with Crippen molar-refractivity contribution in [1.29, 1.82) is 0 Å². The molecule has 2 rings (SSSR count). The van der Waals surface area contributed by atoms with Crippen LogP contribution in [-0.2, 0) is 16.3 Å². The van der Waals surface area contributed by atoms with Crippen molar-refractivity contribution in [2.24, 2.45) is 5.73 Å². The summed E-state index contributed by atoms with van der Waals surface area (Å²) in [5.41, 5.74) is 7.16. The molecule has 0 saturated carbocycles. The summed E-state index contributed by atoms with van der Waals surface area (Å²) in [4.78, 5) is 2.11. The van der Waals surface area contributed by atoms with Gasteiger partial charge in [0.15, 0.2) is 9.84 Å². The first kappa shape index (κ1) is 16.8. The highest BCUT2D eigenvalue weighted by Crippen LogP contribution is 2.24. The Balaban J connectivity index is 2.18. The predicted molar refractivity (Wildman–Crippen MR) is 90.3 cm³/mol. The van der Waals surface area contributed by atoms with E-state index in [2.05, 4.69) is 17.0 Å². The Bertz CT molecular complexity index is 534. The lowest BCUT2D eigenvalue weighted by molar-refractivity contribution is 0.194. The standard InChI is InChI=1S/C15H24N2O2S2/c1-2-21(18,19)15-12-20-9-8-17(15)14(11-16)10-13-6-4-3-5-7-13/h3-7,14-15H,2,8-12,16H2,1H3. The Hall–Kier alpha value is -0.560. The van der Waals surface area contributed by atoms with Crippen LogP contribution in [0.4, 0.5) is 0 Å². The number of sulfone groups is 1. The maximum Gasteiger partial charge on any atom is 0.166 e. The number of thioether (sulfide) groups is 1. The van der Waals surface area contributed by atoms with Crippen LogP contribution in [0.1, 0.15) is 12.5 Å². The van der Waals surface area contributed by atoms with E-state index < -0.39 is 15.2 Å². The maximum absolute atomic E-state index is 12.3. The van der Waals surface area contributed by atoms with Gasteiger partial charge in [-0.3, -0.25) is 4.90 Å². The first-order valence-corrected chi connectivity index (χ1v) is 10.2. The third-order valence-corrected chi connectivity index (χ3v) is 7.30. The van der Waals surface area contributed by atoms with Gasteiger partial charge in [0.1, 0.15) is 5.37 Å². The first-order chi connectivity index (χ1) is 10.1. The molecule has 0 bridgehead atoms. The molecule has 1 aromatic carbocycles. The minimum atomic E-state index is -3.07. The van der Waals surface area contributed by atoms with E-state index in [1.54, 1.807) is 18.7 Å². The van der Waals surface area contributed by atoms with Gasteiger partial charge in [-0.25, -0.2) is 8.42 Å². The summed E-state index contributed by atoms with van der Waals surface area (Å²) in [6.07, 6.45) is 0.803. The highest BCUT2D eigenvalue weighted by molar-refractivity contribution is 8.01. The maximum atomic E-state index is 12.3. The fourth-order valence-electron chi connectivity index (χ4n) is 2.74. The van der Waals surface area contributed by atoms with Crippen LogP contribution in [0.3, 0.4) is 0 Å². The van der Waals surface area contributed by atoms with Crippen LogP contribution in [0, 0.1) is 0 Å². The summed E-state index contributed by atoms with van der Waals surface area (Å²) in [6, 6.07) is 10.2. The molecule has 1 fully saturated rings. The van der Waals surface area contributed by atoms with Crippen LogP contribution in [0.15, 0.2) is 30.3 Å². The third kappa shape index (κ3) is 4.22. The second kappa shape index (κ2) is 7.63. The van der Waals surface area contributed by atoms with E-state index in [4.69, 9.17) is 5.73 Å². The number of rotatable bonds is 6. The van der Waals surface area contributed by atoms with Crippen molar-refractivity contribution in [2.45, 2.75) is 24.8 Å². The summed E-state index contributed by atoms with van der Waals surface area (Å²) in [5.74, 6) is 1.82. The Morgan fingerprint density at radius 3 is 2.71 bits per heavy atom. The second-order valence-corrected chi connectivity index (χ2v) is 8.90. The van der Waals surface area contributed by atoms with Gasteiger partial charge in [-0.05, 0) is 12.0 Å². The first-order valence-electron chi connectivity index (χ1n) is 7.37. The average Bonchev–Trinajstić information content (AvgIpc) is 2.53. The van der Waals surface area contributed by atoms with Gasteiger partial charge in [-0.1, -0.05) is 37.3 Å². The van der Waals surface area contributed by atoms with Crippen molar-refractivity contribution in [3.05, 3.63) is 35.9 Å². The lowest BCUT2D eigenvalue weighted by atomic mass is 10.0. The summed E-state index contributed by atoms with van der Waals surface area (Å²) in [6.45, 7) is 3.00. The molecule has 1 aliphatic heterocycles. The van der Waals surface area contributed by atoms with E-state index in [0.29, 0.717) is 12.3 Å². The van der Waals surface area contributed by atoms with Crippen molar-refractivity contribution in [3.63, 3.8) is 0 Å². The molecule has 2 atom stereocenters. The van der Waals surface area contributed by atoms with E-state index in [9.17, 15) is 8.42 Å². The van der Waals surface area contributed by atoms with Crippen LogP contribution in [0.2, 0.25) is 0 Å². The highest BCUT2D eigenvalue weighted by atomic mass is 32.2. The third-order valence-electron chi connectivity index (χ3n) is 4.00. The average molecular weight is 329 g/mol. The second-order valence-electron chi connectivity index (χ2n) is 5.30. The lowest BCUT2D eigenvalue weighted by Gasteiger charge is -2.40. The highest BCUT2D eigenvalue weighted by Gasteiger charge is 2.36. The number of benzene rings is 1. The van der Waals surface area contributed by atoms with Gasteiger partial charge in [0.05, 0.1) is 0 Å². The Kier molecular flexibility index (Phi) is 6.10. The zero-order valence-corrected chi connectivity index (χ0v) is 14.1. The molecule has 4 nitrogen and oxygen atoms in total. The molecule has 1 heterocycles. The molecule has 1 saturated heterocycles. The molecule has 0 spiro atoms. The van der Waals surface area contributed by atoms with Crippen molar-refractivity contribution in [2.75, 3.05) is 30.3 Å². The fraction of sp³-hybridized carbons (Fsp3) is 0.600. The number of nitrogens with two attached hydrogens (primary N) is 1. The molecule has 0 aromatic heterocycles. The molecule has 21 heavy (non-hydrogen) atoms. The van der Waals surface area contributed by atoms with Gasteiger partial charge >= 0.3 is 0 Å². The molecular weight excluding hydrogens is 304 g/mol. The normalized spacial score (nSPS) is 22.1. The van der Waals surface area contributed by atoms with E-state index in [0.717, 1.165) is 18.7 Å². The van der Waals surface area contributed by atoms with Crippen molar-refractivity contribution in [1.82, 2.24) is 4.90 Å². The molecule has 2 unspecified atom stereocenters. The molecule has 1 aromatic rings. The SMILES string of the molecule is CCS(=O)(=O)C1CSCCN1C(CN)Cc1ccccc1. The Morgan fingerprint density at radius 2 is 2.10 bits per heavy atom. The molecule has 0 aliphatic carbocycles. The Labute approximate surface area is 132 Å². The van der Waals surface area contributed by atoms with Crippen LogP contribution in [0.5, 0.6) is 0 Å². The van der Waals surface area contributed by atoms with Gasteiger partial charge < -0.3 is 5.73 Å². The molecule has 0 radical (unpaired) electrons. The van der Waals surface area contributed by atoms with Gasteiger partial charge in [0.25, 0.3) is 0 Å². The lowest BCUT2D eigenvalue weighted by Crippen LogP contribution is -2.55. The van der Waals surface area contributed by atoms with E-state index in [-0.39, 0.29) is 11.8 Å². The summed E-state index contributed by atoms with van der Waals surface area (Å²) < 4.78 is 24.7. The molecule has 0 amide bonds. The summed E-state index contributed by atoms with van der Waals surface area (Å²) in [5, 5.41) is -0.390. The predicted octanol–water partition coefficient (Wildman–Crippen LogP) is 1.37. The van der Waals surface area contributed by atoms with Crippen LogP contribution < -0.4 is 5.73 Å². The quantitative estimate of drug-likeness (QED) is 0.854.